The summed E-state index contributed by atoms with van der Waals surface area (Å²) in [6.07, 6.45) is 14.2. The van der Waals surface area contributed by atoms with E-state index in [2.05, 4.69) is 200 Å². The molecule has 0 radical (unpaired) electrons. The molecule has 0 saturated carbocycles. The average molecular weight is 1000 g/mol. The maximum atomic E-state index is 5.07. The third-order valence-corrected chi connectivity index (χ3v) is 17.2. The van der Waals surface area contributed by atoms with Gasteiger partial charge in [-0.15, -0.1) is 11.3 Å². The fourth-order valence-corrected chi connectivity index (χ4v) is 13.9. The number of allylic oxidation sites excluding steroid dienone is 1. The van der Waals surface area contributed by atoms with Crippen molar-refractivity contribution in [2.75, 3.05) is 0 Å². The molecule has 17 rings (SSSR count). The predicted molar refractivity (Wildman–Crippen MR) is 319 cm³/mol. The number of pyridine rings is 4. The smallest absolute Gasteiger partial charge is 0.145 e. The lowest BCUT2D eigenvalue weighted by molar-refractivity contribution is 0.965. The molecule has 0 atom stereocenters. The Balaban J connectivity index is 0.779. The summed E-state index contributed by atoms with van der Waals surface area (Å²) in [5, 5.41) is 10.5. The summed E-state index contributed by atoms with van der Waals surface area (Å²) in [4.78, 5) is 20.1. The molecule has 0 saturated heterocycles. The topological polar surface area (TPSA) is 71.3 Å². The minimum Gasteiger partial charge on any atom is -0.294 e. The molecule has 9 heterocycles. The highest BCUT2D eigenvalue weighted by atomic mass is 32.1. The summed E-state index contributed by atoms with van der Waals surface area (Å²) in [5.41, 5.74) is 18.5. The molecule has 0 spiro atoms. The molecule has 1 aliphatic rings. The molecule has 0 unspecified atom stereocenters. The van der Waals surface area contributed by atoms with Crippen LogP contribution in [-0.2, 0) is 6.42 Å². The van der Waals surface area contributed by atoms with Crippen LogP contribution in [0.2, 0.25) is 0 Å². The Morgan fingerprint density at radius 1 is 0.351 bits per heavy atom. The van der Waals surface area contributed by atoms with Crippen LogP contribution in [0.4, 0.5) is 0 Å². The first kappa shape index (κ1) is 42.4. The molecule has 0 aliphatic heterocycles. The van der Waals surface area contributed by atoms with Crippen molar-refractivity contribution in [3.8, 4) is 45.0 Å². The summed E-state index contributed by atoms with van der Waals surface area (Å²) < 4.78 is 11.9. The third-order valence-electron chi connectivity index (χ3n) is 16.0. The van der Waals surface area contributed by atoms with Gasteiger partial charge in [-0.25, -0.2) is 19.9 Å². The first-order chi connectivity index (χ1) is 38.2. The number of aromatic nitrogens is 8. The molecule has 0 bridgehead atoms. The molecule has 0 N–H and O–H groups in total. The van der Waals surface area contributed by atoms with E-state index in [1.807, 2.05) is 60.4 Å². The van der Waals surface area contributed by atoms with Crippen molar-refractivity contribution in [3.05, 3.63) is 236 Å². The number of benzene rings is 7. The van der Waals surface area contributed by atoms with E-state index in [0.29, 0.717) is 0 Å². The predicted octanol–water partition coefficient (Wildman–Crippen LogP) is 17.2. The maximum Gasteiger partial charge on any atom is 0.145 e. The molecule has 360 valence electrons. The fraction of sp³-hybridized carbons (Fsp3) is 0.0294. The van der Waals surface area contributed by atoms with Crippen LogP contribution in [0.25, 0.3) is 148 Å². The van der Waals surface area contributed by atoms with Gasteiger partial charge in [-0.3, -0.25) is 18.3 Å². The molecular weight excluding hydrogens is 961 g/mol. The number of rotatable bonds is 6. The highest BCUT2D eigenvalue weighted by Gasteiger charge is 2.23. The summed E-state index contributed by atoms with van der Waals surface area (Å²) >= 11 is 1.87. The SMILES string of the molecule is C1=Cc2c(c3cccnc3n2-c2ccc3c(c2)c2cccnc2n3-c2ccc3c(c2)c2cccnc2n3-c2ccc3c(c2)c2cccnc2n3-c2cccc(-c3cccc(-c4cccc5c4sc4ccccc45)c3)c2)CC1. The van der Waals surface area contributed by atoms with Crippen LogP contribution < -0.4 is 0 Å². The Morgan fingerprint density at radius 3 is 1.45 bits per heavy atom. The molecule has 9 heteroatoms. The zero-order chi connectivity index (χ0) is 50.3. The van der Waals surface area contributed by atoms with Crippen molar-refractivity contribution in [2.24, 2.45) is 0 Å². The summed E-state index contributed by atoms with van der Waals surface area (Å²) in [6.45, 7) is 0. The summed E-state index contributed by atoms with van der Waals surface area (Å²) in [5.74, 6) is 0. The Bertz CT molecular complexity index is 5200. The number of aryl methyl sites for hydroxylation is 1. The molecule has 0 amide bonds. The first-order valence-electron chi connectivity index (χ1n) is 26.2. The molecule has 7 aromatic carbocycles. The van der Waals surface area contributed by atoms with Gasteiger partial charge in [0, 0.05) is 105 Å². The van der Waals surface area contributed by atoms with E-state index in [4.69, 9.17) is 19.9 Å². The zero-order valence-corrected chi connectivity index (χ0v) is 42.2. The largest absolute Gasteiger partial charge is 0.294 e. The summed E-state index contributed by atoms with van der Waals surface area (Å²) in [6, 6.07) is 70.5. The van der Waals surface area contributed by atoms with Gasteiger partial charge >= 0.3 is 0 Å². The monoisotopic (exact) mass is 1000 g/mol. The lowest BCUT2D eigenvalue weighted by Gasteiger charge is -2.13. The molecule has 1 aliphatic carbocycles. The number of hydrogen-bond acceptors (Lipinski definition) is 5. The Kier molecular flexibility index (Phi) is 8.96. The van der Waals surface area contributed by atoms with E-state index in [-0.39, 0.29) is 0 Å². The molecule has 9 aromatic heterocycles. The normalized spacial score (nSPS) is 12.8. The van der Waals surface area contributed by atoms with Gasteiger partial charge in [0.05, 0.1) is 22.2 Å². The number of fused-ring (bicyclic) bond motifs is 15. The second-order valence-electron chi connectivity index (χ2n) is 20.2. The quantitative estimate of drug-likeness (QED) is 0.166. The fourth-order valence-electron chi connectivity index (χ4n) is 12.7. The Labute approximate surface area is 444 Å². The van der Waals surface area contributed by atoms with E-state index < -0.39 is 0 Å². The highest BCUT2D eigenvalue weighted by molar-refractivity contribution is 7.26. The average Bonchev–Trinajstić information content (AvgIpc) is 4.44. The highest BCUT2D eigenvalue weighted by Crippen LogP contribution is 2.43. The van der Waals surface area contributed by atoms with Gasteiger partial charge in [0.1, 0.15) is 22.6 Å². The van der Waals surface area contributed by atoms with E-state index >= 15 is 0 Å². The standard InChI is InChI=1S/C68H42N8S/c1-3-24-59-49(16-1)52-20-8-32-69-65(52)74(59)45-26-30-61-57(38-45)54-22-10-34-71-67(54)76(61)47-28-31-62-58(40-47)55-23-11-35-72-68(55)75(62)46-27-29-60-56(39-46)53-21-9-33-70-66(53)73(60)44-15-6-13-42(37-44)41-12-5-14-43(36-41)48-18-7-19-51-50-17-2-4-25-63(50)77-64(48)51/h2-15,17-40H,1,16H2. The minimum absolute atomic E-state index is 0.898. The van der Waals surface area contributed by atoms with Crippen molar-refractivity contribution in [1.82, 2.24) is 38.2 Å². The summed E-state index contributed by atoms with van der Waals surface area (Å²) in [7, 11) is 0. The van der Waals surface area contributed by atoms with Gasteiger partial charge in [-0.2, -0.15) is 0 Å². The second-order valence-corrected chi connectivity index (χ2v) is 21.2. The Morgan fingerprint density at radius 2 is 0.831 bits per heavy atom. The van der Waals surface area contributed by atoms with Gasteiger partial charge in [0.2, 0.25) is 0 Å². The van der Waals surface area contributed by atoms with Gasteiger partial charge in [-0.1, -0.05) is 72.8 Å². The van der Waals surface area contributed by atoms with Crippen molar-refractivity contribution in [1.29, 1.82) is 0 Å². The van der Waals surface area contributed by atoms with Crippen LogP contribution in [0, 0.1) is 0 Å². The lowest BCUT2D eigenvalue weighted by Crippen LogP contribution is -2.01. The lowest BCUT2D eigenvalue weighted by atomic mass is 9.97. The van der Waals surface area contributed by atoms with Crippen LogP contribution in [0.1, 0.15) is 17.7 Å². The third kappa shape index (κ3) is 6.20. The van der Waals surface area contributed by atoms with Gasteiger partial charge in [0.25, 0.3) is 0 Å². The van der Waals surface area contributed by atoms with E-state index in [9.17, 15) is 0 Å². The Hall–Kier alpha value is -9.96. The van der Waals surface area contributed by atoms with Crippen molar-refractivity contribution in [3.63, 3.8) is 0 Å². The molecule has 77 heavy (non-hydrogen) atoms. The van der Waals surface area contributed by atoms with Gasteiger partial charge in [-0.05, 0) is 174 Å². The number of hydrogen-bond donors (Lipinski definition) is 0. The van der Waals surface area contributed by atoms with Crippen LogP contribution in [0.15, 0.2) is 225 Å². The number of nitrogens with zero attached hydrogens (tertiary/aromatic N) is 8. The molecule has 0 fully saturated rings. The molecular formula is C68H42N8S. The van der Waals surface area contributed by atoms with Crippen LogP contribution in [-0.4, -0.2) is 38.2 Å². The van der Waals surface area contributed by atoms with Crippen LogP contribution >= 0.6 is 11.3 Å². The van der Waals surface area contributed by atoms with Crippen molar-refractivity contribution < 1.29 is 0 Å². The van der Waals surface area contributed by atoms with E-state index in [0.717, 1.165) is 113 Å². The first-order valence-corrected chi connectivity index (χ1v) is 27.0. The van der Waals surface area contributed by atoms with Gasteiger partial charge in [0.15, 0.2) is 0 Å². The van der Waals surface area contributed by atoms with Crippen molar-refractivity contribution in [2.45, 2.75) is 12.8 Å². The maximum absolute atomic E-state index is 5.07. The van der Waals surface area contributed by atoms with Crippen molar-refractivity contribution >= 4 is 114 Å². The zero-order valence-electron chi connectivity index (χ0n) is 41.3. The van der Waals surface area contributed by atoms with Crippen LogP contribution in [0.3, 0.4) is 0 Å². The number of thiophene rings is 1. The molecule has 8 nitrogen and oxygen atoms in total. The second kappa shape index (κ2) is 16.3. The minimum atomic E-state index is 0.898. The van der Waals surface area contributed by atoms with Crippen LogP contribution in [0.5, 0.6) is 0 Å². The van der Waals surface area contributed by atoms with E-state index in [1.54, 1.807) is 0 Å². The van der Waals surface area contributed by atoms with E-state index in [1.165, 1.54) is 53.5 Å². The molecule has 16 aromatic rings. The van der Waals surface area contributed by atoms with Gasteiger partial charge < -0.3 is 0 Å².